The Balaban J connectivity index is 1.73. The van der Waals surface area contributed by atoms with Crippen molar-refractivity contribution in [2.24, 2.45) is 0 Å². The van der Waals surface area contributed by atoms with Crippen LogP contribution in [0.3, 0.4) is 0 Å². The fourth-order valence-electron chi connectivity index (χ4n) is 3.50. The minimum Gasteiger partial charge on any atom is -0.507 e. The van der Waals surface area contributed by atoms with E-state index in [9.17, 15) is 23.1 Å². The van der Waals surface area contributed by atoms with Crippen LogP contribution in [0.4, 0.5) is 5.69 Å². The van der Waals surface area contributed by atoms with Crippen molar-refractivity contribution in [2.45, 2.75) is 38.2 Å². The predicted molar refractivity (Wildman–Crippen MR) is 131 cm³/mol. The number of phenolic OH excluding ortho intramolecular Hbond substituents is 1. The number of sulfonamides is 1. The number of nitrogens with one attached hydrogen (secondary N) is 1. The van der Waals surface area contributed by atoms with Crippen LogP contribution in [0.5, 0.6) is 11.5 Å². The van der Waals surface area contributed by atoms with Crippen molar-refractivity contribution < 1.29 is 32.6 Å². The molecule has 2 N–H and O–H groups in total. The number of benzene rings is 3. The summed E-state index contributed by atoms with van der Waals surface area (Å²) in [4.78, 5) is 23.5. The van der Waals surface area contributed by atoms with Gasteiger partial charge < -0.3 is 14.6 Å². The van der Waals surface area contributed by atoms with Crippen molar-refractivity contribution in [1.29, 1.82) is 0 Å². The zero-order valence-electron chi connectivity index (χ0n) is 19.7. The highest BCUT2D eigenvalue weighted by Crippen LogP contribution is 2.33. The monoisotopic (exact) mass is 497 g/mol. The van der Waals surface area contributed by atoms with E-state index >= 15 is 0 Å². The summed E-state index contributed by atoms with van der Waals surface area (Å²) in [5, 5.41) is 10.5. The van der Waals surface area contributed by atoms with E-state index in [1.165, 1.54) is 50.4 Å². The molecule has 0 unspecified atom stereocenters. The molecule has 0 saturated heterocycles. The molecule has 0 bridgehead atoms. The van der Waals surface area contributed by atoms with Gasteiger partial charge in [0, 0.05) is 11.3 Å². The van der Waals surface area contributed by atoms with Gasteiger partial charge >= 0.3 is 5.97 Å². The van der Waals surface area contributed by atoms with Gasteiger partial charge in [-0.05, 0) is 61.4 Å². The number of anilines is 1. The van der Waals surface area contributed by atoms with Gasteiger partial charge in [0.1, 0.15) is 18.1 Å². The first kappa shape index (κ1) is 25.8. The van der Waals surface area contributed by atoms with Gasteiger partial charge in [-0.2, -0.15) is 0 Å². The van der Waals surface area contributed by atoms with E-state index in [2.05, 4.69) is 9.46 Å². The normalized spacial score (nSPS) is 11.1. The molecular formula is C26H27NO7S. The molecule has 35 heavy (non-hydrogen) atoms. The van der Waals surface area contributed by atoms with Gasteiger partial charge in [0.25, 0.3) is 10.0 Å². The zero-order valence-corrected chi connectivity index (χ0v) is 20.5. The van der Waals surface area contributed by atoms with Crippen molar-refractivity contribution in [3.8, 4) is 11.5 Å². The number of carbonyl (C=O) groups excluding carboxylic acids is 2. The molecule has 0 atom stereocenters. The van der Waals surface area contributed by atoms with Crippen LogP contribution in [0.2, 0.25) is 0 Å². The molecule has 0 spiro atoms. The second kappa shape index (κ2) is 11.1. The van der Waals surface area contributed by atoms with E-state index < -0.39 is 16.0 Å². The third-order valence-electron chi connectivity index (χ3n) is 5.28. The van der Waals surface area contributed by atoms with Gasteiger partial charge in [-0.3, -0.25) is 9.52 Å². The lowest BCUT2D eigenvalue weighted by Crippen LogP contribution is -2.13. The third-order valence-corrected chi connectivity index (χ3v) is 6.68. The molecule has 0 amide bonds. The van der Waals surface area contributed by atoms with Crippen LogP contribution in [0.15, 0.2) is 65.6 Å². The predicted octanol–water partition coefficient (Wildman–Crippen LogP) is 4.71. The molecule has 0 aliphatic carbocycles. The van der Waals surface area contributed by atoms with Crippen molar-refractivity contribution in [2.75, 3.05) is 11.8 Å². The molecule has 3 rings (SSSR count). The Kier molecular flexibility index (Phi) is 8.14. The summed E-state index contributed by atoms with van der Waals surface area (Å²) < 4.78 is 38.5. The maximum absolute atomic E-state index is 12.8. The molecule has 3 aromatic rings. The van der Waals surface area contributed by atoms with Crippen LogP contribution in [-0.4, -0.2) is 32.4 Å². The minimum absolute atomic E-state index is 0.0415. The number of hydrogen-bond acceptors (Lipinski definition) is 7. The molecule has 184 valence electrons. The average Bonchev–Trinajstić information content (AvgIpc) is 2.84. The Bertz CT molecular complexity index is 1330. The summed E-state index contributed by atoms with van der Waals surface area (Å²) in [5.74, 6) is -0.394. The molecule has 0 fully saturated rings. The van der Waals surface area contributed by atoms with Gasteiger partial charge in [-0.1, -0.05) is 31.5 Å². The largest absolute Gasteiger partial charge is 0.507 e. The topological polar surface area (TPSA) is 119 Å². The standard InChI is InChI=1S/C26H27NO7S/c1-4-6-23-24(14-13-22(17(2)28)25(23)29)34-16-18-9-11-21(12-10-18)35(31,32)27-20-8-5-7-19(15-20)26(30)33-3/h5,7-15,27,29H,4,6,16H2,1-3H3. The van der Waals surface area contributed by atoms with E-state index in [-0.39, 0.29) is 39.8 Å². The molecular weight excluding hydrogens is 470 g/mol. The molecule has 0 aliphatic heterocycles. The molecule has 0 aromatic heterocycles. The number of ketones is 1. The highest BCUT2D eigenvalue weighted by molar-refractivity contribution is 7.92. The summed E-state index contributed by atoms with van der Waals surface area (Å²) >= 11 is 0. The summed E-state index contributed by atoms with van der Waals surface area (Å²) in [6, 6.07) is 15.4. The van der Waals surface area contributed by atoms with Crippen LogP contribution in [0.25, 0.3) is 0 Å². The maximum atomic E-state index is 12.8. The van der Waals surface area contributed by atoms with E-state index in [1.54, 1.807) is 24.3 Å². The summed E-state index contributed by atoms with van der Waals surface area (Å²) in [7, 11) is -2.64. The number of rotatable bonds is 10. The van der Waals surface area contributed by atoms with Gasteiger partial charge in [0.05, 0.1) is 23.1 Å². The molecule has 3 aromatic carbocycles. The van der Waals surface area contributed by atoms with Crippen molar-refractivity contribution in [1.82, 2.24) is 0 Å². The van der Waals surface area contributed by atoms with Crippen molar-refractivity contribution in [3.63, 3.8) is 0 Å². The molecule has 0 heterocycles. The zero-order chi connectivity index (χ0) is 25.6. The summed E-state index contributed by atoms with van der Waals surface area (Å²) in [6.45, 7) is 3.50. The molecule has 9 heteroatoms. The number of ether oxygens (including phenoxy) is 2. The number of aromatic hydroxyl groups is 1. The Labute approximate surface area is 204 Å². The Hall–Kier alpha value is -3.85. The number of hydrogen-bond donors (Lipinski definition) is 2. The molecule has 0 aliphatic rings. The SMILES string of the molecule is CCCc1c(OCc2ccc(S(=O)(=O)Nc3cccc(C(=O)OC)c3)cc2)ccc(C(C)=O)c1O. The first-order valence-electron chi connectivity index (χ1n) is 10.9. The van der Waals surface area contributed by atoms with E-state index in [0.717, 1.165) is 6.42 Å². The molecule has 0 radical (unpaired) electrons. The number of Topliss-reactive ketones (excluding diaryl/α,β-unsaturated/α-hetero) is 1. The fourth-order valence-corrected chi connectivity index (χ4v) is 4.55. The number of carbonyl (C=O) groups is 2. The van der Waals surface area contributed by atoms with Crippen LogP contribution < -0.4 is 9.46 Å². The van der Waals surface area contributed by atoms with Crippen molar-refractivity contribution in [3.05, 3.63) is 82.9 Å². The molecule has 8 nitrogen and oxygen atoms in total. The Morgan fingerprint density at radius 1 is 1.03 bits per heavy atom. The van der Waals surface area contributed by atoms with Crippen LogP contribution in [0, 0.1) is 0 Å². The molecule has 0 saturated carbocycles. The number of phenols is 1. The Morgan fingerprint density at radius 2 is 1.74 bits per heavy atom. The fraction of sp³-hybridized carbons (Fsp3) is 0.231. The highest BCUT2D eigenvalue weighted by Gasteiger charge is 2.17. The third kappa shape index (κ3) is 6.19. The van der Waals surface area contributed by atoms with Crippen LogP contribution in [-0.2, 0) is 27.8 Å². The van der Waals surface area contributed by atoms with E-state index in [1.807, 2.05) is 6.92 Å². The number of esters is 1. The summed E-state index contributed by atoms with van der Waals surface area (Å²) in [5.41, 5.74) is 1.99. The van der Waals surface area contributed by atoms with E-state index in [4.69, 9.17) is 4.74 Å². The van der Waals surface area contributed by atoms with Crippen LogP contribution in [0.1, 0.15) is 52.1 Å². The average molecular weight is 498 g/mol. The van der Waals surface area contributed by atoms with Gasteiger partial charge in [-0.15, -0.1) is 0 Å². The lowest BCUT2D eigenvalue weighted by molar-refractivity contribution is 0.0600. The lowest BCUT2D eigenvalue weighted by Gasteiger charge is -2.15. The quantitative estimate of drug-likeness (QED) is 0.307. The summed E-state index contributed by atoms with van der Waals surface area (Å²) in [6.07, 6.45) is 1.30. The van der Waals surface area contributed by atoms with E-state index in [0.29, 0.717) is 23.3 Å². The van der Waals surface area contributed by atoms with Crippen LogP contribution >= 0.6 is 0 Å². The van der Waals surface area contributed by atoms with Gasteiger partial charge in [0.15, 0.2) is 5.78 Å². The first-order chi connectivity index (χ1) is 16.7. The number of methoxy groups -OCH3 is 1. The van der Waals surface area contributed by atoms with Gasteiger partial charge in [-0.25, -0.2) is 13.2 Å². The Morgan fingerprint density at radius 3 is 2.37 bits per heavy atom. The smallest absolute Gasteiger partial charge is 0.337 e. The van der Waals surface area contributed by atoms with Gasteiger partial charge in [0.2, 0.25) is 0 Å². The highest BCUT2D eigenvalue weighted by atomic mass is 32.2. The second-order valence-electron chi connectivity index (χ2n) is 7.86. The van der Waals surface area contributed by atoms with Crippen molar-refractivity contribution >= 4 is 27.5 Å². The first-order valence-corrected chi connectivity index (χ1v) is 12.4. The lowest BCUT2D eigenvalue weighted by atomic mass is 10.0. The minimum atomic E-state index is -3.89. The second-order valence-corrected chi connectivity index (χ2v) is 9.54. The maximum Gasteiger partial charge on any atom is 0.337 e.